The summed E-state index contributed by atoms with van der Waals surface area (Å²) in [6, 6.07) is -0.704. The molecule has 8 heteroatoms. The summed E-state index contributed by atoms with van der Waals surface area (Å²) in [5.74, 6) is -1.24. The number of carboxylic acids is 1. The minimum atomic E-state index is -3.06. The predicted octanol–water partition coefficient (Wildman–Crippen LogP) is 0.0698. The predicted molar refractivity (Wildman–Crippen MR) is 72.1 cm³/mol. The van der Waals surface area contributed by atoms with E-state index in [4.69, 9.17) is 5.11 Å². The highest BCUT2D eigenvalue weighted by atomic mass is 32.2. The highest BCUT2D eigenvalue weighted by Gasteiger charge is 2.31. The molecule has 0 bridgehead atoms. The molecule has 2 atom stereocenters. The second-order valence-electron chi connectivity index (χ2n) is 5.53. The Labute approximate surface area is 118 Å². The largest absolute Gasteiger partial charge is 0.481 e. The third-order valence-electron chi connectivity index (χ3n) is 3.85. The monoisotopic (exact) mass is 304 g/mol. The van der Waals surface area contributed by atoms with Crippen molar-refractivity contribution >= 4 is 21.8 Å². The van der Waals surface area contributed by atoms with E-state index in [1.807, 2.05) is 0 Å². The number of carbonyl (C=O) groups excluding carboxylic acids is 1. The van der Waals surface area contributed by atoms with Crippen LogP contribution in [0.15, 0.2) is 0 Å². The van der Waals surface area contributed by atoms with Gasteiger partial charge in [-0.05, 0) is 25.7 Å². The first kappa shape index (κ1) is 15.1. The van der Waals surface area contributed by atoms with Gasteiger partial charge in [0.25, 0.3) is 0 Å². The summed E-state index contributed by atoms with van der Waals surface area (Å²) in [7, 11) is -3.06. The van der Waals surface area contributed by atoms with Crippen molar-refractivity contribution in [3.63, 3.8) is 0 Å². The quantitative estimate of drug-likeness (QED) is 0.751. The molecule has 2 amide bonds. The molecular formula is C12H20N2O5S. The fourth-order valence-corrected chi connectivity index (χ4v) is 4.40. The van der Waals surface area contributed by atoms with Crippen LogP contribution in [-0.2, 0) is 14.6 Å². The molecule has 0 radical (unpaired) electrons. The number of carbonyl (C=O) groups is 2. The van der Waals surface area contributed by atoms with Crippen molar-refractivity contribution in [3.05, 3.63) is 0 Å². The molecular weight excluding hydrogens is 284 g/mol. The normalized spacial score (nSPS) is 29.7. The first-order valence-electron chi connectivity index (χ1n) is 6.86. The number of urea groups is 1. The van der Waals surface area contributed by atoms with Gasteiger partial charge in [-0.15, -0.1) is 0 Å². The Morgan fingerprint density at radius 2 is 1.95 bits per heavy atom. The second kappa shape index (κ2) is 5.99. The lowest BCUT2D eigenvalue weighted by Crippen LogP contribution is -2.52. The molecule has 0 aromatic carbocycles. The van der Waals surface area contributed by atoms with E-state index >= 15 is 0 Å². The molecule has 7 nitrogen and oxygen atoms in total. The SMILES string of the molecule is O=C(O)[C@H]1CCCN(C(=O)NC2CCCS(=O)(=O)C2)C1. The third kappa shape index (κ3) is 3.84. The summed E-state index contributed by atoms with van der Waals surface area (Å²) in [6.45, 7) is 0.718. The number of nitrogens with zero attached hydrogens (tertiary/aromatic N) is 1. The number of nitrogens with one attached hydrogen (secondary N) is 1. The van der Waals surface area contributed by atoms with Crippen LogP contribution in [0.3, 0.4) is 0 Å². The van der Waals surface area contributed by atoms with Gasteiger partial charge in [0.1, 0.15) is 0 Å². The van der Waals surface area contributed by atoms with Crippen LogP contribution in [0.4, 0.5) is 4.79 Å². The van der Waals surface area contributed by atoms with Gasteiger partial charge in [-0.25, -0.2) is 13.2 Å². The lowest BCUT2D eigenvalue weighted by molar-refractivity contribution is -0.143. The van der Waals surface area contributed by atoms with Gasteiger partial charge in [0.2, 0.25) is 0 Å². The van der Waals surface area contributed by atoms with Gasteiger partial charge < -0.3 is 15.3 Å². The van der Waals surface area contributed by atoms with Crippen LogP contribution < -0.4 is 5.32 Å². The van der Waals surface area contributed by atoms with Crippen LogP contribution in [0.25, 0.3) is 0 Å². The molecule has 2 fully saturated rings. The van der Waals surface area contributed by atoms with Crippen molar-refractivity contribution in [1.29, 1.82) is 0 Å². The van der Waals surface area contributed by atoms with E-state index in [-0.39, 0.29) is 30.1 Å². The fraction of sp³-hybridized carbons (Fsp3) is 0.833. The molecule has 0 spiro atoms. The summed E-state index contributed by atoms with van der Waals surface area (Å²) in [4.78, 5) is 24.5. The molecule has 0 saturated carbocycles. The highest BCUT2D eigenvalue weighted by Crippen LogP contribution is 2.18. The van der Waals surface area contributed by atoms with E-state index in [1.54, 1.807) is 0 Å². The van der Waals surface area contributed by atoms with Gasteiger partial charge in [0.15, 0.2) is 9.84 Å². The Hall–Kier alpha value is -1.31. The molecule has 114 valence electrons. The standard InChI is InChI=1S/C12H20N2O5S/c15-11(16)9-3-1-5-14(7-9)12(17)13-10-4-2-6-20(18,19)8-10/h9-10H,1-8H2,(H,13,17)(H,15,16)/t9-,10?/m0/s1. The number of hydrogen-bond acceptors (Lipinski definition) is 4. The van der Waals surface area contributed by atoms with Crippen LogP contribution in [0, 0.1) is 5.92 Å². The minimum absolute atomic E-state index is 0.0189. The zero-order chi connectivity index (χ0) is 14.8. The minimum Gasteiger partial charge on any atom is -0.481 e. The number of rotatable bonds is 2. The van der Waals surface area contributed by atoms with Crippen molar-refractivity contribution in [1.82, 2.24) is 10.2 Å². The smallest absolute Gasteiger partial charge is 0.317 e. The molecule has 20 heavy (non-hydrogen) atoms. The molecule has 2 rings (SSSR count). The average molecular weight is 304 g/mol. The van der Waals surface area contributed by atoms with E-state index in [0.717, 1.165) is 0 Å². The fourth-order valence-electron chi connectivity index (χ4n) is 2.77. The number of amides is 2. The molecule has 2 aliphatic rings. The molecule has 0 aliphatic carbocycles. The number of likely N-dealkylation sites (tertiary alicyclic amines) is 1. The second-order valence-corrected chi connectivity index (χ2v) is 7.76. The van der Waals surface area contributed by atoms with Gasteiger partial charge in [-0.1, -0.05) is 0 Å². The molecule has 2 heterocycles. The number of sulfone groups is 1. The van der Waals surface area contributed by atoms with E-state index < -0.39 is 21.7 Å². The van der Waals surface area contributed by atoms with Crippen molar-refractivity contribution in [3.8, 4) is 0 Å². The van der Waals surface area contributed by atoms with Crippen LogP contribution in [0.2, 0.25) is 0 Å². The van der Waals surface area contributed by atoms with Gasteiger partial charge in [0, 0.05) is 19.1 Å². The van der Waals surface area contributed by atoms with E-state index in [9.17, 15) is 18.0 Å². The Bertz CT molecular complexity index is 490. The zero-order valence-corrected chi connectivity index (χ0v) is 12.1. The van der Waals surface area contributed by atoms with Crippen molar-refractivity contribution in [2.24, 2.45) is 5.92 Å². The Balaban J connectivity index is 1.89. The molecule has 2 N–H and O–H groups in total. The van der Waals surface area contributed by atoms with Crippen molar-refractivity contribution < 1.29 is 23.1 Å². The van der Waals surface area contributed by atoms with E-state index in [2.05, 4.69) is 5.32 Å². The summed E-state index contributed by atoms with van der Waals surface area (Å²) in [5, 5.41) is 11.7. The maximum absolute atomic E-state index is 12.1. The van der Waals surface area contributed by atoms with Gasteiger partial charge in [0.05, 0.1) is 17.4 Å². The number of aliphatic carboxylic acids is 1. The Morgan fingerprint density at radius 3 is 2.60 bits per heavy atom. The average Bonchev–Trinajstić information content (AvgIpc) is 2.37. The molecule has 0 aromatic rings. The first-order valence-corrected chi connectivity index (χ1v) is 8.68. The number of hydrogen-bond donors (Lipinski definition) is 2. The highest BCUT2D eigenvalue weighted by molar-refractivity contribution is 7.91. The van der Waals surface area contributed by atoms with Gasteiger partial charge in [-0.2, -0.15) is 0 Å². The summed E-state index contributed by atoms with van der Waals surface area (Å²) in [5.41, 5.74) is 0. The molecule has 2 saturated heterocycles. The zero-order valence-electron chi connectivity index (χ0n) is 11.2. The van der Waals surface area contributed by atoms with Crippen molar-refractivity contribution in [2.75, 3.05) is 24.6 Å². The summed E-state index contributed by atoms with van der Waals surface area (Å²) in [6.07, 6.45) is 2.45. The van der Waals surface area contributed by atoms with E-state index in [1.165, 1.54) is 4.90 Å². The number of carboxylic acid groups (broad SMARTS) is 1. The summed E-state index contributed by atoms with van der Waals surface area (Å²) < 4.78 is 23.0. The molecule has 0 aromatic heterocycles. The number of piperidine rings is 1. The maximum Gasteiger partial charge on any atom is 0.317 e. The third-order valence-corrected chi connectivity index (χ3v) is 5.67. The summed E-state index contributed by atoms with van der Waals surface area (Å²) >= 11 is 0. The maximum atomic E-state index is 12.1. The van der Waals surface area contributed by atoms with Crippen LogP contribution >= 0.6 is 0 Å². The van der Waals surface area contributed by atoms with E-state index in [0.29, 0.717) is 32.2 Å². The Kier molecular flexibility index (Phi) is 4.52. The van der Waals surface area contributed by atoms with Gasteiger partial charge >= 0.3 is 12.0 Å². The lowest BCUT2D eigenvalue weighted by Gasteiger charge is -2.33. The van der Waals surface area contributed by atoms with Crippen LogP contribution in [0.1, 0.15) is 25.7 Å². The molecule has 2 aliphatic heterocycles. The first-order chi connectivity index (χ1) is 9.37. The lowest BCUT2D eigenvalue weighted by atomic mass is 9.99. The topological polar surface area (TPSA) is 104 Å². The van der Waals surface area contributed by atoms with Crippen LogP contribution in [-0.4, -0.2) is 61.1 Å². The molecule has 1 unspecified atom stereocenters. The van der Waals surface area contributed by atoms with Gasteiger partial charge in [-0.3, -0.25) is 4.79 Å². The van der Waals surface area contributed by atoms with Crippen molar-refractivity contribution in [2.45, 2.75) is 31.7 Å². The van der Waals surface area contributed by atoms with Crippen LogP contribution in [0.5, 0.6) is 0 Å². The Morgan fingerprint density at radius 1 is 1.20 bits per heavy atom.